The molecule has 0 aromatic heterocycles. The largest absolute Gasteiger partial charge is 0.493 e. The van der Waals surface area contributed by atoms with E-state index in [1.54, 1.807) is 36.9 Å². The number of fused-ring (bicyclic) bond motifs is 2. The first-order valence-electron chi connectivity index (χ1n) is 13.7. The Balaban J connectivity index is 1.54. The quantitative estimate of drug-likeness (QED) is 0.268. The molecule has 2 atom stereocenters. The summed E-state index contributed by atoms with van der Waals surface area (Å²) < 4.78 is 21.6. The van der Waals surface area contributed by atoms with Crippen LogP contribution in [0.15, 0.2) is 76.8 Å². The normalized spacial score (nSPS) is 19.0. The van der Waals surface area contributed by atoms with E-state index in [1.165, 1.54) is 18.9 Å². The third-order valence-electron chi connectivity index (χ3n) is 6.99. The third kappa shape index (κ3) is 5.67. The van der Waals surface area contributed by atoms with Crippen LogP contribution in [0, 0.1) is 0 Å². The van der Waals surface area contributed by atoms with Gasteiger partial charge in [0.05, 0.1) is 36.8 Å². The Morgan fingerprint density at radius 2 is 1.76 bits per heavy atom. The maximum atomic E-state index is 14.1. The SMILES string of the molecule is CCOC(=O)COc1ccc([C@H]2C(C(=O)OCC)=C(C)N[C@@H]3S/C(=C\c4cccc5ccccc45)C(=O)N32)cc1OC. The van der Waals surface area contributed by atoms with Gasteiger partial charge in [-0.05, 0) is 60.9 Å². The van der Waals surface area contributed by atoms with E-state index in [4.69, 9.17) is 18.9 Å². The fourth-order valence-electron chi connectivity index (χ4n) is 5.15. The average molecular weight is 589 g/mol. The number of hydrogen-bond donors (Lipinski definition) is 1. The van der Waals surface area contributed by atoms with Crippen molar-refractivity contribution in [3.63, 3.8) is 0 Å². The molecule has 2 aliphatic rings. The number of amides is 1. The molecule has 3 aromatic carbocycles. The first-order chi connectivity index (χ1) is 20.4. The fraction of sp³-hybridized carbons (Fsp3) is 0.281. The zero-order chi connectivity index (χ0) is 29.8. The van der Waals surface area contributed by atoms with Gasteiger partial charge in [0.25, 0.3) is 5.91 Å². The summed E-state index contributed by atoms with van der Waals surface area (Å²) in [7, 11) is 1.48. The van der Waals surface area contributed by atoms with Crippen LogP contribution in [0.25, 0.3) is 16.8 Å². The monoisotopic (exact) mass is 588 g/mol. The number of carbonyl (C=O) groups is 3. The van der Waals surface area contributed by atoms with E-state index in [2.05, 4.69) is 5.32 Å². The Kier molecular flexibility index (Phi) is 8.72. The van der Waals surface area contributed by atoms with Crippen LogP contribution >= 0.6 is 11.8 Å². The smallest absolute Gasteiger partial charge is 0.344 e. The number of benzene rings is 3. The number of ether oxygens (including phenoxy) is 4. The molecule has 0 unspecified atom stereocenters. The molecule has 42 heavy (non-hydrogen) atoms. The van der Waals surface area contributed by atoms with Gasteiger partial charge in [0.2, 0.25) is 0 Å². The van der Waals surface area contributed by atoms with E-state index in [0.29, 0.717) is 33.2 Å². The van der Waals surface area contributed by atoms with Crippen molar-refractivity contribution in [3.8, 4) is 11.5 Å². The van der Waals surface area contributed by atoms with Crippen LogP contribution in [0.2, 0.25) is 0 Å². The second kappa shape index (κ2) is 12.6. The Morgan fingerprint density at radius 3 is 2.52 bits per heavy atom. The standard InChI is InChI=1S/C32H32N2O7S/c1-5-39-27(35)18-41-24-15-14-22(16-25(24)38-4)29-28(31(37)40-6-2)19(3)33-32-34(29)30(36)26(42-32)17-21-12-9-11-20-10-7-8-13-23(20)21/h7-17,29,32-33H,5-6,18H2,1-4H3/b26-17-/t29-,32-/m0/s1. The van der Waals surface area contributed by atoms with Crippen molar-refractivity contribution in [1.82, 2.24) is 10.2 Å². The van der Waals surface area contributed by atoms with Crippen LogP contribution in [0.1, 0.15) is 37.9 Å². The van der Waals surface area contributed by atoms with Gasteiger partial charge < -0.3 is 24.3 Å². The lowest BCUT2D eigenvalue weighted by atomic mass is 9.93. The highest BCUT2D eigenvalue weighted by Crippen LogP contribution is 2.47. The maximum Gasteiger partial charge on any atom is 0.344 e. The zero-order valence-electron chi connectivity index (χ0n) is 23.8. The summed E-state index contributed by atoms with van der Waals surface area (Å²) in [5.74, 6) is -0.559. The molecule has 0 bridgehead atoms. The molecular weight excluding hydrogens is 556 g/mol. The van der Waals surface area contributed by atoms with Crippen molar-refractivity contribution < 1.29 is 33.3 Å². The molecule has 1 amide bonds. The number of allylic oxidation sites excluding steroid dienone is 1. The molecule has 218 valence electrons. The van der Waals surface area contributed by atoms with E-state index in [1.807, 2.05) is 55.5 Å². The lowest BCUT2D eigenvalue weighted by Gasteiger charge is -2.39. The zero-order valence-corrected chi connectivity index (χ0v) is 24.7. The van der Waals surface area contributed by atoms with Gasteiger partial charge in [-0.1, -0.05) is 60.3 Å². The maximum absolute atomic E-state index is 14.1. The van der Waals surface area contributed by atoms with Crippen LogP contribution in [-0.2, 0) is 23.9 Å². The molecule has 2 aliphatic heterocycles. The third-order valence-corrected chi connectivity index (χ3v) is 8.11. The number of methoxy groups -OCH3 is 1. The minimum Gasteiger partial charge on any atom is -0.493 e. The summed E-state index contributed by atoms with van der Waals surface area (Å²) in [6, 6.07) is 18.4. The molecule has 1 saturated heterocycles. The number of hydrogen-bond acceptors (Lipinski definition) is 9. The van der Waals surface area contributed by atoms with Gasteiger partial charge >= 0.3 is 11.9 Å². The van der Waals surface area contributed by atoms with Gasteiger partial charge in [-0.3, -0.25) is 9.69 Å². The molecule has 1 fully saturated rings. The van der Waals surface area contributed by atoms with Crippen LogP contribution in [0.3, 0.4) is 0 Å². The van der Waals surface area contributed by atoms with Crippen molar-refractivity contribution in [2.24, 2.45) is 0 Å². The summed E-state index contributed by atoms with van der Waals surface area (Å²) in [6.07, 6.45) is 1.90. The molecule has 3 aromatic rings. The van der Waals surface area contributed by atoms with Crippen molar-refractivity contribution in [2.75, 3.05) is 26.9 Å². The van der Waals surface area contributed by atoms with E-state index in [9.17, 15) is 14.4 Å². The molecule has 5 rings (SSSR count). The predicted molar refractivity (Wildman–Crippen MR) is 160 cm³/mol. The summed E-state index contributed by atoms with van der Waals surface area (Å²) in [6.45, 7) is 5.41. The van der Waals surface area contributed by atoms with Crippen molar-refractivity contribution in [2.45, 2.75) is 32.3 Å². The topological polar surface area (TPSA) is 103 Å². The summed E-state index contributed by atoms with van der Waals surface area (Å²) in [5.41, 5.74) is 2.06. The van der Waals surface area contributed by atoms with E-state index < -0.39 is 23.5 Å². The van der Waals surface area contributed by atoms with E-state index in [0.717, 1.165) is 16.3 Å². The second-order valence-corrected chi connectivity index (χ2v) is 10.7. The lowest BCUT2D eigenvalue weighted by Crippen LogP contribution is -2.50. The van der Waals surface area contributed by atoms with Crippen LogP contribution in [0.5, 0.6) is 11.5 Å². The number of nitrogens with one attached hydrogen (secondary N) is 1. The molecule has 0 radical (unpaired) electrons. The highest BCUT2D eigenvalue weighted by atomic mass is 32.2. The fourth-order valence-corrected chi connectivity index (χ4v) is 6.36. The minimum absolute atomic E-state index is 0.185. The number of esters is 2. The molecular formula is C32H32N2O7S. The average Bonchev–Trinajstić information content (AvgIpc) is 3.29. The van der Waals surface area contributed by atoms with Gasteiger partial charge in [0.15, 0.2) is 23.6 Å². The second-order valence-electron chi connectivity index (χ2n) is 9.57. The molecule has 9 nitrogen and oxygen atoms in total. The summed E-state index contributed by atoms with van der Waals surface area (Å²) in [5, 5.41) is 5.45. The van der Waals surface area contributed by atoms with Gasteiger partial charge in [-0.15, -0.1) is 0 Å². The molecule has 0 saturated carbocycles. The lowest BCUT2D eigenvalue weighted by molar-refractivity contribution is -0.145. The molecule has 0 spiro atoms. The van der Waals surface area contributed by atoms with E-state index >= 15 is 0 Å². The minimum atomic E-state index is -0.762. The number of nitrogens with zero attached hydrogens (tertiary/aromatic N) is 1. The van der Waals surface area contributed by atoms with Crippen LogP contribution < -0.4 is 14.8 Å². The predicted octanol–water partition coefficient (Wildman–Crippen LogP) is 5.17. The number of rotatable bonds is 9. The number of thioether (sulfide) groups is 1. The Labute approximate surface area is 248 Å². The molecule has 1 N–H and O–H groups in total. The van der Waals surface area contributed by atoms with Crippen LogP contribution in [0.4, 0.5) is 0 Å². The van der Waals surface area contributed by atoms with E-state index in [-0.39, 0.29) is 25.7 Å². The number of carbonyl (C=O) groups excluding carboxylic acids is 3. The highest BCUT2D eigenvalue weighted by Gasteiger charge is 2.48. The highest BCUT2D eigenvalue weighted by molar-refractivity contribution is 8.05. The Hall–Kier alpha value is -4.44. The van der Waals surface area contributed by atoms with Crippen LogP contribution in [-0.4, -0.2) is 55.2 Å². The molecule has 10 heteroatoms. The first kappa shape index (κ1) is 29.1. The van der Waals surface area contributed by atoms with Gasteiger partial charge in [-0.25, -0.2) is 9.59 Å². The summed E-state index contributed by atoms with van der Waals surface area (Å²) >= 11 is 1.40. The van der Waals surface area contributed by atoms with Crippen molar-refractivity contribution in [1.29, 1.82) is 0 Å². The van der Waals surface area contributed by atoms with Gasteiger partial charge in [0, 0.05) is 5.70 Å². The van der Waals surface area contributed by atoms with Crippen molar-refractivity contribution in [3.05, 3.63) is 88.0 Å². The van der Waals surface area contributed by atoms with Gasteiger partial charge in [0.1, 0.15) is 0 Å². The van der Waals surface area contributed by atoms with Gasteiger partial charge in [-0.2, -0.15) is 0 Å². The Bertz CT molecular complexity index is 1590. The first-order valence-corrected chi connectivity index (χ1v) is 14.5. The Morgan fingerprint density at radius 1 is 1.00 bits per heavy atom. The molecule has 2 heterocycles. The summed E-state index contributed by atoms with van der Waals surface area (Å²) in [4.78, 5) is 41.4. The molecule has 0 aliphatic carbocycles. The van der Waals surface area contributed by atoms with Crippen molar-refractivity contribution >= 4 is 46.5 Å².